The summed E-state index contributed by atoms with van der Waals surface area (Å²) in [5, 5.41) is 0.655. The van der Waals surface area contributed by atoms with Gasteiger partial charge in [0.05, 0.1) is 21.8 Å². The van der Waals surface area contributed by atoms with Crippen molar-refractivity contribution in [1.29, 1.82) is 0 Å². The van der Waals surface area contributed by atoms with Crippen molar-refractivity contribution in [3.8, 4) is 0 Å². The summed E-state index contributed by atoms with van der Waals surface area (Å²) in [7, 11) is 0. The lowest BCUT2D eigenvalue weighted by Crippen LogP contribution is -1.76. The monoisotopic (exact) mass is 245 g/mol. The number of hydrogen-bond acceptors (Lipinski definition) is 5. The molecule has 0 amide bonds. The molecule has 0 spiro atoms. The second-order valence-electron chi connectivity index (χ2n) is 2.35. The van der Waals surface area contributed by atoms with Crippen LogP contribution in [0.25, 0.3) is 11.0 Å². The van der Waals surface area contributed by atoms with Gasteiger partial charge in [-0.25, -0.2) is 4.79 Å². The Bertz CT molecular complexity index is 547. The van der Waals surface area contributed by atoms with Crippen LogP contribution >= 0.6 is 34.9 Å². The van der Waals surface area contributed by atoms with Crippen molar-refractivity contribution in [1.82, 2.24) is 8.75 Å². The number of isocyanates is 1. The molecule has 0 saturated heterocycles. The zero-order valence-corrected chi connectivity index (χ0v) is 8.82. The van der Waals surface area contributed by atoms with Crippen LogP contribution < -0.4 is 0 Å². The van der Waals surface area contributed by atoms with E-state index in [9.17, 15) is 4.79 Å². The molecule has 0 N–H and O–H groups in total. The first-order valence-corrected chi connectivity index (χ1v) is 4.91. The minimum Gasteiger partial charge on any atom is -0.211 e. The molecule has 1 aromatic carbocycles. The van der Waals surface area contributed by atoms with Gasteiger partial charge in [0.15, 0.2) is 0 Å². The van der Waals surface area contributed by atoms with Gasteiger partial charge in [-0.05, 0) is 6.07 Å². The highest BCUT2D eigenvalue weighted by atomic mass is 35.5. The molecule has 0 fully saturated rings. The Labute approximate surface area is 92.5 Å². The first kappa shape index (κ1) is 9.55. The number of aromatic nitrogens is 2. The quantitative estimate of drug-likeness (QED) is 0.574. The molecule has 14 heavy (non-hydrogen) atoms. The van der Waals surface area contributed by atoms with Crippen molar-refractivity contribution >= 4 is 57.7 Å². The largest absolute Gasteiger partial charge is 0.240 e. The van der Waals surface area contributed by atoms with Crippen molar-refractivity contribution in [3.05, 3.63) is 16.1 Å². The Morgan fingerprint density at radius 1 is 1.29 bits per heavy atom. The van der Waals surface area contributed by atoms with E-state index in [4.69, 9.17) is 23.2 Å². The van der Waals surface area contributed by atoms with Crippen molar-refractivity contribution in [2.75, 3.05) is 0 Å². The van der Waals surface area contributed by atoms with Crippen LogP contribution in [0.3, 0.4) is 0 Å². The van der Waals surface area contributed by atoms with Crippen LogP contribution in [-0.4, -0.2) is 14.8 Å². The normalized spacial score (nSPS) is 10.1. The lowest BCUT2D eigenvalue weighted by atomic mass is 10.2. The highest BCUT2D eigenvalue weighted by Gasteiger charge is 2.13. The summed E-state index contributed by atoms with van der Waals surface area (Å²) in [4.78, 5) is 13.6. The molecule has 0 radical (unpaired) electrons. The highest BCUT2D eigenvalue weighted by Crippen LogP contribution is 2.36. The molecule has 7 heteroatoms. The fraction of sp³-hybridized carbons (Fsp3) is 0. The van der Waals surface area contributed by atoms with Crippen molar-refractivity contribution in [3.63, 3.8) is 0 Å². The van der Waals surface area contributed by atoms with Crippen LogP contribution in [0.4, 0.5) is 5.69 Å². The first-order valence-electron chi connectivity index (χ1n) is 3.42. The molecule has 0 atom stereocenters. The van der Waals surface area contributed by atoms with Gasteiger partial charge in [-0.1, -0.05) is 23.2 Å². The minimum atomic E-state index is 0.259. The van der Waals surface area contributed by atoms with E-state index >= 15 is 0 Å². The fourth-order valence-electron chi connectivity index (χ4n) is 1.01. The van der Waals surface area contributed by atoms with Crippen molar-refractivity contribution in [2.45, 2.75) is 0 Å². The Hall–Kier alpha value is -1.00. The predicted molar refractivity (Wildman–Crippen MR) is 55.2 cm³/mol. The average Bonchev–Trinajstić information content (AvgIpc) is 2.60. The number of benzene rings is 1. The molecule has 70 valence electrons. The zero-order valence-electron chi connectivity index (χ0n) is 6.49. The number of nitrogens with zero attached hydrogens (tertiary/aromatic N) is 3. The number of fused-ring (bicyclic) bond motifs is 1. The first-order chi connectivity index (χ1) is 6.74. The topological polar surface area (TPSA) is 55.2 Å². The molecule has 0 aliphatic rings. The molecular formula is C7HCl2N3OS. The second-order valence-corrected chi connectivity index (χ2v) is 3.70. The van der Waals surface area contributed by atoms with Gasteiger partial charge in [0.2, 0.25) is 6.08 Å². The molecule has 0 aliphatic carbocycles. The van der Waals surface area contributed by atoms with E-state index in [1.165, 1.54) is 12.1 Å². The number of hydrogen-bond donors (Lipinski definition) is 0. The van der Waals surface area contributed by atoms with Gasteiger partial charge in [0.1, 0.15) is 16.7 Å². The zero-order chi connectivity index (χ0) is 10.1. The maximum atomic E-state index is 10.1. The van der Waals surface area contributed by atoms with E-state index in [1.807, 2.05) is 0 Å². The van der Waals surface area contributed by atoms with E-state index in [1.54, 1.807) is 0 Å². The van der Waals surface area contributed by atoms with Gasteiger partial charge < -0.3 is 0 Å². The molecule has 0 bridgehead atoms. The number of halogens is 2. The molecule has 2 rings (SSSR count). The summed E-state index contributed by atoms with van der Waals surface area (Å²) in [6, 6.07) is 1.48. The van der Waals surface area contributed by atoms with Gasteiger partial charge in [-0.2, -0.15) is 13.7 Å². The SMILES string of the molecule is O=C=Nc1c(Cl)cc(Cl)c2nsnc12. The van der Waals surface area contributed by atoms with Crippen LogP contribution in [0.2, 0.25) is 10.0 Å². The lowest BCUT2D eigenvalue weighted by Gasteiger charge is -1.97. The van der Waals surface area contributed by atoms with Crippen LogP contribution in [0.5, 0.6) is 0 Å². The molecule has 0 saturated carbocycles. The van der Waals surface area contributed by atoms with Gasteiger partial charge in [0, 0.05) is 0 Å². The fourth-order valence-corrected chi connectivity index (χ4v) is 2.16. The minimum absolute atomic E-state index is 0.259. The Morgan fingerprint density at radius 2 is 2.00 bits per heavy atom. The third-order valence-electron chi connectivity index (χ3n) is 1.58. The van der Waals surface area contributed by atoms with E-state index in [-0.39, 0.29) is 10.7 Å². The summed E-state index contributed by atoms with van der Waals surface area (Å²) in [5.41, 5.74) is 1.18. The number of rotatable bonds is 1. The standard InChI is InChI=1S/C7HCl2N3OS/c8-3-1-4(9)6-7(12-14-11-6)5(3)10-2-13/h1H. The van der Waals surface area contributed by atoms with Crippen molar-refractivity contribution < 1.29 is 4.79 Å². The maximum Gasteiger partial charge on any atom is 0.240 e. The summed E-state index contributed by atoms with van der Waals surface area (Å²) < 4.78 is 7.90. The third kappa shape index (κ3) is 1.40. The van der Waals surface area contributed by atoms with Crippen LogP contribution in [0, 0.1) is 0 Å². The molecule has 2 aromatic rings. The molecule has 0 unspecified atom stereocenters. The third-order valence-corrected chi connectivity index (χ3v) is 2.68. The van der Waals surface area contributed by atoms with Crippen LogP contribution in [0.1, 0.15) is 0 Å². The van der Waals surface area contributed by atoms with Crippen molar-refractivity contribution in [2.24, 2.45) is 4.99 Å². The average molecular weight is 246 g/mol. The Kier molecular flexibility index (Phi) is 2.48. The van der Waals surface area contributed by atoms with E-state index in [0.717, 1.165) is 11.7 Å². The van der Waals surface area contributed by atoms with E-state index in [2.05, 4.69) is 13.7 Å². The molecule has 1 aromatic heterocycles. The van der Waals surface area contributed by atoms with Gasteiger partial charge in [-0.3, -0.25) is 0 Å². The summed E-state index contributed by atoms with van der Waals surface area (Å²) >= 11 is 12.7. The lowest BCUT2D eigenvalue weighted by molar-refractivity contribution is 0.565. The predicted octanol–water partition coefficient (Wildman–Crippen LogP) is 2.97. The summed E-state index contributed by atoms with van der Waals surface area (Å²) in [5.74, 6) is 0. The van der Waals surface area contributed by atoms with Gasteiger partial charge in [0.25, 0.3) is 0 Å². The smallest absolute Gasteiger partial charge is 0.211 e. The van der Waals surface area contributed by atoms with E-state index < -0.39 is 0 Å². The second kappa shape index (κ2) is 3.63. The molecule has 0 aliphatic heterocycles. The Morgan fingerprint density at radius 3 is 2.71 bits per heavy atom. The van der Waals surface area contributed by atoms with Gasteiger partial charge in [-0.15, -0.1) is 0 Å². The number of carbonyl (C=O) groups excluding carboxylic acids is 1. The Balaban J connectivity index is 2.92. The maximum absolute atomic E-state index is 10.1. The summed E-state index contributed by atoms with van der Waals surface area (Å²) in [6.45, 7) is 0. The van der Waals surface area contributed by atoms with E-state index in [0.29, 0.717) is 16.1 Å². The molecule has 1 heterocycles. The van der Waals surface area contributed by atoms with Crippen LogP contribution in [0.15, 0.2) is 11.1 Å². The highest BCUT2D eigenvalue weighted by molar-refractivity contribution is 7.00. The molecular weight excluding hydrogens is 245 g/mol. The summed E-state index contributed by atoms with van der Waals surface area (Å²) in [6.07, 6.45) is 1.41. The molecule has 4 nitrogen and oxygen atoms in total. The van der Waals surface area contributed by atoms with Gasteiger partial charge >= 0.3 is 0 Å². The number of aliphatic imine (C=N–C) groups is 1. The van der Waals surface area contributed by atoms with Crippen LogP contribution in [-0.2, 0) is 4.79 Å².